The number of H-pyrrole nitrogens is 1. The van der Waals surface area contributed by atoms with Crippen molar-refractivity contribution in [3.05, 3.63) is 54.1 Å². The van der Waals surface area contributed by atoms with E-state index >= 15 is 0 Å². The van der Waals surface area contributed by atoms with Gasteiger partial charge in [0.2, 0.25) is 0 Å². The van der Waals surface area contributed by atoms with Gasteiger partial charge in [-0.05, 0) is 24.6 Å². The van der Waals surface area contributed by atoms with E-state index < -0.39 is 0 Å². The third-order valence-corrected chi connectivity index (χ3v) is 4.81. The third-order valence-electron chi connectivity index (χ3n) is 3.61. The molecule has 88 valence electrons. The first-order chi connectivity index (χ1) is 8.84. The van der Waals surface area contributed by atoms with Gasteiger partial charge < -0.3 is 4.98 Å². The number of rotatable bonds is 0. The molecule has 0 amide bonds. The van der Waals surface area contributed by atoms with Crippen LogP contribution in [0, 0.1) is 0 Å². The van der Waals surface area contributed by atoms with Gasteiger partial charge in [0, 0.05) is 26.6 Å². The number of hydrogen-bond acceptors (Lipinski definition) is 1. The highest BCUT2D eigenvalue weighted by Crippen LogP contribution is 2.50. The van der Waals surface area contributed by atoms with Crippen molar-refractivity contribution in [2.24, 2.45) is 0 Å². The molecule has 0 saturated heterocycles. The van der Waals surface area contributed by atoms with Crippen LogP contribution >= 0.6 is 11.8 Å². The van der Waals surface area contributed by atoms with Crippen LogP contribution in [0.5, 0.6) is 0 Å². The molecule has 0 saturated carbocycles. The van der Waals surface area contributed by atoms with Gasteiger partial charge in [-0.1, -0.05) is 36.4 Å². The van der Waals surface area contributed by atoms with Crippen LogP contribution in [0.15, 0.2) is 53.4 Å². The molecule has 1 aliphatic rings. The van der Waals surface area contributed by atoms with Gasteiger partial charge in [0.05, 0.1) is 5.69 Å². The zero-order chi connectivity index (χ0) is 12.1. The molecule has 0 fully saturated rings. The van der Waals surface area contributed by atoms with Crippen molar-refractivity contribution in [3.8, 4) is 11.3 Å². The topological polar surface area (TPSA) is 15.8 Å². The quantitative estimate of drug-likeness (QED) is 0.594. The Morgan fingerprint density at radius 2 is 1.78 bits per heavy atom. The zero-order valence-electron chi connectivity index (χ0n) is 10.1. The average Bonchev–Trinajstić information content (AvgIpc) is 2.79. The summed E-state index contributed by atoms with van der Waals surface area (Å²) in [5.41, 5.74) is 5.34. The van der Waals surface area contributed by atoms with Gasteiger partial charge in [0.25, 0.3) is 0 Å². The summed E-state index contributed by atoms with van der Waals surface area (Å²) in [4.78, 5) is 4.97. The summed E-state index contributed by atoms with van der Waals surface area (Å²) in [6.07, 6.45) is 0. The van der Waals surface area contributed by atoms with Crippen molar-refractivity contribution in [1.29, 1.82) is 0 Å². The molecule has 2 heteroatoms. The first-order valence-electron chi connectivity index (χ1n) is 6.21. The highest BCUT2D eigenvalue weighted by molar-refractivity contribution is 7.99. The van der Waals surface area contributed by atoms with E-state index in [2.05, 4.69) is 60.4 Å². The minimum Gasteiger partial charge on any atom is -0.354 e. The predicted molar refractivity (Wildman–Crippen MR) is 78.0 cm³/mol. The number of thioether (sulfide) groups is 1. The largest absolute Gasteiger partial charge is 0.354 e. The van der Waals surface area contributed by atoms with Gasteiger partial charge in [-0.2, -0.15) is 0 Å². The lowest BCUT2D eigenvalue weighted by molar-refractivity contribution is 1.09. The fourth-order valence-electron chi connectivity index (χ4n) is 2.82. The molecule has 0 spiro atoms. The van der Waals surface area contributed by atoms with Crippen LogP contribution in [0.25, 0.3) is 22.2 Å². The van der Waals surface area contributed by atoms with Gasteiger partial charge in [-0.25, -0.2) is 0 Å². The summed E-state index contributed by atoms with van der Waals surface area (Å²) in [5.74, 6) is 0. The van der Waals surface area contributed by atoms with Gasteiger partial charge in [-0.3, -0.25) is 0 Å². The van der Waals surface area contributed by atoms with Crippen LogP contribution in [0.3, 0.4) is 0 Å². The van der Waals surface area contributed by atoms with E-state index in [1.807, 2.05) is 11.8 Å². The van der Waals surface area contributed by atoms with Crippen LogP contribution in [0.2, 0.25) is 0 Å². The summed E-state index contributed by atoms with van der Waals surface area (Å²) in [7, 11) is 0. The van der Waals surface area contributed by atoms with E-state index in [-0.39, 0.29) is 0 Å². The lowest BCUT2D eigenvalue weighted by Gasteiger charge is -2.21. The second kappa shape index (κ2) is 3.66. The number of hydrogen-bond donors (Lipinski definition) is 1. The maximum Gasteiger partial charge on any atom is 0.0520 e. The standard InChI is InChI=1S/C16H13NS/c1-10-15-11-6-2-4-8-13(11)17-16(15)12-7-3-5-9-14(12)18-10/h2-10,17H,1H3. The van der Waals surface area contributed by atoms with Crippen molar-refractivity contribution in [2.45, 2.75) is 17.1 Å². The van der Waals surface area contributed by atoms with E-state index in [4.69, 9.17) is 0 Å². The van der Waals surface area contributed by atoms with Crippen molar-refractivity contribution in [3.63, 3.8) is 0 Å². The first-order valence-corrected chi connectivity index (χ1v) is 7.09. The van der Waals surface area contributed by atoms with Crippen molar-refractivity contribution in [1.82, 2.24) is 4.98 Å². The monoisotopic (exact) mass is 251 g/mol. The SMILES string of the molecule is CC1Sc2ccccc2-c2[nH]c3ccccc3c21. The highest BCUT2D eigenvalue weighted by atomic mass is 32.2. The molecule has 1 atom stereocenters. The smallest absolute Gasteiger partial charge is 0.0520 e. The van der Waals surface area contributed by atoms with E-state index in [0.717, 1.165) is 0 Å². The Morgan fingerprint density at radius 1 is 1.00 bits per heavy atom. The molecule has 0 bridgehead atoms. The summed E-state index contributed by atoms with van der Waals surface area (Å²) in [5, 5.41) is 1.87. The van der Waals surface area contributed by atoms with E-state index in [0.29, 0.717) is 5.25 Å². The van der Waals surface area contributed by atoms with Crippen molar-refractivity contribution < 1.29 is 0 Å². The molecule has 4 rings (SSSR count). The molecule has 1 aliphatic heterocycles. The van der Waals surface area contributed by atoms with E-state index in [1.165, 1.54) is 32.6 Å². The summed E-state index contributed by atoms with van der Waals surface area (Å²) >= 11 is 1.95. The predicted octanol–water partition coefficient (Wildman–Crippen LogP) is 5.00. The molecule has 18 heavy (non-hydrogen) atoms. The summed E-state index contributed by atoms with van der Waals surface area (Å²) < 4.78 is 0. The maximum absolute atomic E-state index is 3.59. The Bertz CT molecular complexity index is 742. The molecule has 0 aliphatic carbocycles. The second-order valence-electron chi connectivity index (χ2n) is 4.72. The van der Waals surface area contributed by atoms with Crippen molar-refractivity contribution >= 4 is 22.7 Å². The van der Waals surface area contributed by atoms with Gasteiger partial charge in [-0.15, -0.1) is 11.8 Å². The molecule has 1 unspecified atom stereocenters. The minimum atomic E-state index is 0.506. The number of aromatic amines is 1. The summed E-state index contributed by atoms with van der Waals surface area (Å²) in [6.45, 7) is 2.29. The molecule has 1 aromatic heterocycles. The average molecular weight is 251 g/mol. The first kappa shape index (κ1) is 10.3. The minimum absolute atomic E-state index is 0.506. The number of para-hydroxylation sites is 1. The molecule has 1 N–H and O–H groups in total. The Kier molecular flexibility index (Phi) is 2.09. The fourth-order valence-corrected chi connectivity index (χ4v) is 4.02. The normalized spacial score (nSPS) is 17.5. The molecule has 1 nitrogen and oxygen atoms in total. The Morgan fingerprint density at radius 3 is 2.72 bits per heavy atom. The van der Waals surface area contributed by atoms with Crippen LogP contribution in [-0.2, 0) is 0 Å². The van der Waals surface area contributed by atoms with Crippen LogP contribution < -0.4 is 0 Å². The van der Waals surface area contributed by atoms with E-state index in [9.17, 15) is 0 Å². The van der Waals surface area contributed by atoms with Gasteiger partial charge >= 0.3 is 0 Å². The number of fused-ring (bicyclic) bond motifs is 5. The molecular weight excluding hydrogens is 238 g/mol. The fraction of sp³-hybridized carbons (Fsp3) is 0.125. The highest BCUT2D eigenvalue weighted by Gasteiger charge is 2.25. The van der Waals surface area contributed by atoms with Crippen LogP contribution in [0.1, 0.15) is 17.7 Å². The van der Waals surface area contributed by atoms with Crippen LogP contribution in [0.4, 0.5) is 0 Å². The number of aromatic nitrogens is 1. The Labute approximate surface area is 110 Å². The van der Waals surface area contributed by atoms with Crippen molar-refractivity contribution in [2.75, 3.05) is 0 Å². The lowest BCUT2D eigenvalue weighted by Crippen LogP contribution is -1.98. The number of nitrogens with one attached hydrogen (secondary N) is 1. The molecular formula is C16H13NS. The summed E-state index contributed by atoms with van der Waals surface area (Å²) in [6, 6.07) is 17.2. The molecule has 0 radical (unpaired) electrons. The zero-order valence-corrected chi connectivity index (χ0v) is 10.9. The second-order valence-corrected chi connectivity index (χ2v) is 6.10. The molecule has 2 aromatic carbocycles. The Balaban J connectivity index is 2.12. The number of benzene rings is 2. The molecule has 3 aromatic rings. The van der Waals surface area contributed by atoms with Crippen LogP contribution in [-0.4, -0.2) is 4.98 Å². The Hall–Kier alpha value is -1.67. The van der Waals surface area contributed by atoms with Gasteiger partial charge in [0.15, 0.2) is 0 Å². The van der Waals surface area contributed by atoms with E-state index in [1.54, 1.807) is 0 Å². The van der Waals surface area contributed by atoms with Gasteiger partial charge in [0.1, 0.15) is 0 Å². The lowest BCUT2D eigenvalue weighted by atomic mass is 10.0. The molecule has 2 heterocycles. The maximum atomic E-state index is 3.59. The third kappa shape index (κ3) is 1.30.